The number of anilines is 2. The van der Waals surface area contributed by atoms with Gasteiger partial charge in [-0.3, -0.25) is 15.3 Å². The summed E-state index contributed by atoms with van der Waals surface area (Å²) in [5, 5.41) is 8.77. The number of hydrogen-bond donors (Lipinski definition) is 5. The Labute approximate surface area is 96.8 Å². The Hall–Kier alpha value is -2.29. The Morgan fingerprint density at radius 1 is 1.53 bits per heavy atom. The number of aromatic nitrogens is 2. The Bertz CT molecular complexity index is 415. The van der Waals surface area contributed by atoms with Crippen molar-refractivity contribution >= 4 is 23.5 Å². The average molecular weight is 242 g/mol. The molecule has 1 aromatic rings. The van der Waals surface area contributed by atoms with Crippen LogP contribution in [0, 0.1) is 0 Å². The first-order chi connectivity index (χ1) is 8.10. The molecule has 94 valence electrons. The van der Waals surface area contributed by atoms with Crippen molar-refractivity contribution in [2.24, 2.45) is 5.84 Å². The van der Waals surface area contributed by atoms with Crippen molar-refractivity contribution in [1.82, 2.24) is 15.6 Å². The summed E-state index contributed by atoms with van der Waals surface area (Å²) in [6.07, 6.45) is 0. The molecule has 0 aliphatic rings. The van der Waals surface area contributed by atoms with E-state index in [4.69, 9.17) is 16.3 Å². The quantitative estimate of drug-likeness (QED) is 0.184. The molecule has 0 saturated heterocycles. The van der Waals surface area contributed by atoms with Gasteiger partial charge in [-0.25, -0.2) is 10.6 Å². The van der Waals surface area contributed by atoms with Crippen molar-refractivity contribution in [2.45, 2.75) is 6.92 Å². The molecule has 0 spiro atoms. The molecule has 0 bridgehead atoms. The van der Waals surface area contributed by atoms with E-state index in [1.807, 2.05) is 5.43 Å². The normalized spacial score (nSPS) is 9.76. The predicted octanol–water partition coefficient (Wildman–Crippen LogP) is -1.43. The minimum atomic E-state index is -0.616. The molecule has 17 heavy (non-hydrogen) atoms. The van der Waals surface area contributed by atoms with Crippen LogP contribution < -0.4 is 22.3 Å². The fourth-order valence-electron chi connectivity index (χ4n) is 1.11. The summed E-state index contributed by atoms with van der Waals surface area (Å²) in [5.41, 5.74) is 7.52. The van der Waals surface area contributed by atoms with Gasteiger partial charge in [0.25, 0.3) is 5.91 Å². The number of hydrogen-bond acceptors (Lipinski definition) is 7. The highest BCUT2D eigenvalue weighted by atomic mass is 16.5. The number of nitrogens with two attached hydrogens (primary N) is 2. The molecule has 0 fully saturated rings. The molecule has 0 atom stereocenters. The molecule has 1 aromatic heterocycles. The van der Waals surface area contributed by atoms with Crippen molar-refractivity contribution in [3.05, 3.63) is 5.56 Å². The van der Waals surface area contributed by atoms with E-state index in [9.17, 15) is 9.59 Å². The maximum absolute atomic E-state index is 11.5. The second-order valence-electron chi connectivity index (χ2n) is 3.00. The maximum atomic E-state index is 11.5. The third-order valence-corrected chi connectivity index (χ3v) is 1.85. The van der Waals surface area contributed by atoms with Gasteiger partial charge in [0.05, 0.1) is 13.2 Å². The van der Waals surface area contributed by atoms with Crippen LogP contribution in [0.1, 0.15) is 17.3 Å². The van der Waals surface area contributed by atoms with Gasteiger partial charge < -0.3 is 15.8 Å². The summed E-state index contributed by atoms with van der Waals surface area (Å²) >= 11 is 0. The fourth-order valence-corrected chi connectivity index (χ4v) is 1.11. The number of H-pyrrole nitrogens is 1. The van der Waals surface area contributed by atoms with Crippen molar-refractivity contribution in [3.63, 3.8) is 0 Å². The monoisotopic (exact) mass is 242 g/mol. The lowest BCUT2D eigenvalue weighted by Gasteiger charge is -2.05. The number of amides is 1. The summed E-state index contributed by atoms with van der Waals surface area (Å²) in [7, 11) is 0. The van der Waals surface area contributed by atoms with Gasteiger partial charge >= 0.3 is 5.97 Å². The van der Waals surface area contributed by atoms with Crippen LogP contribution in [0.4, 0.5) is 11.6 Å². The van der Waals surface area contributed by atoms with E-state index in [-0.39, 0.29) is 30.4 Å². The number of nitrogens with one attached hydrogen (secondary N) is 3. The first kappa shape index (κ1) is 12.8. The fraction of sp³-hybridized carbons (Fsp3) is 0.375. The van der Waals surface area contributed by atoms with Crippen LogP contribution in [-0.4, -0.2) is 35.2 Å². The van der Waals surface area contributed by atoms with Gasteiger partial charge in [-0.1, -0.05) is 0 Å². The number of nitrogen functional groups attached to an aromatic ring is 1. The Balaban J connectivity index is 2.79. The van der Waals surface area contributed by atoms with Gasteiger partial charge in [0.2, 0.25) is 0 Å². The Morgan fingerprint density at radius 2 is 2.24 bits per heavy atom. The largest absolute Gasteiger partial charge is 0.462 e. The number of carbonyl (C=O) groups excluding carboxylic acids is 2. The van der Waals surface area contributed by atoms with Gasteiger partial charge in [0.1, 0.15) is 11.4 Å². The van der Waals surface area contributed by atoms with E-state index in [2.05, 4.69) is 15.5 Å². The van der Waals surface area contributed by atoms with Crippen LogP contribution in [0.5, 0.6) is 0 Å². The molecule has 1 heterocycles. The maximum Gasteiger partial charge on any atom is 0.345 e. The highest BCUT2D eigenvalue weighted by Crippen LogP contribution is 2.19. The summed E-state index contributed by atoms with van der Waals surface area (Å²) in [5.74, 6) is 4.04. The van der Waals surface area contributed by atoms with Gasteiger partial charge in [-0.2, -0.15) is 5.10 Å². The molecule has 7 N–H and O–H groups in total. The molecule has 0 radical (unpaired) electrons. The van der Waals surface area contributed by atoms with Gasteiger partial charge in [0.15, 0.2) is 5.82 Å². The molecule has 9 heteroatoms. The van der Waals surface area contributed by atoms with E-state index in [0.29, 0.717) is 0 Å². The summed E-state index contributed by atoms with van der Waals surface area (Å²) < 4.78 is 4.80. The third-order valence-electron chi connectivity index (χ3n) is 1.85. The Kier molecular flexibility index (Phi) is 4.29. The zero-order valence-electron chi connectivity index (χ0n) is 9.24. The zero-order chi connectivity index (χ0) is 12.8. The number of aromatic amines is 1. The molecule has 0 aliphatic carbocycles. The van der Waals surface area contributed by atoms with Gasteiger partial charge in [-0.05, 0) is 6.92 Å². The topological polar surface area (TPSA) is 148 Å². The lowest BCUT2D eigenvalue weighted by Crippen LogP contribution is -2.35. The van der Waals surface area contributed by atoms with Crippen molar-refractivity contribution in [2.75, 3.05) is 24.2 Å². The highest BCUT2D eigenvalue weighted by Gasteiger charge is 2.20. The third kappa shape index (κ3) is 3.08. The van der Waals surface area contributed by atoms with Crippen LogP contribution in [0.25, 0.3) is 0 Å². The predicted molar refractivity (Wildman–Crippen MR) is 59.8 cm³/mol. The number of ether oxygens (including phenoxy) is 1. The van der Waals surface area contributed by atoms with E-state index >= 15 is 0 Å². The van der Waals surface area contributed by atoms with Crippen LogP contribution in [0.3, 0.4) is 0 Å². The second kappa shape index (κ2) is 5.70. The minimum Gasteiger partial charge on any atom is -0.462 e. The molecular formula is C8H14N6O3. The minimum absolute atomic E-state index is 0.0664. The van der Waals surface area contributed by atoms with Crippen LogP contribution in [-0.2, 0) is 9.53 Å². The molecule has 0 aromatic carbocycles. The Morgan fingerprint density at radius 3 is 2.82 bits per heavy atom. The van der Waals surface area contributed by atoms with E-state index in [0.717, 1.165) is 0 Å². The van der Waals surface area contributed by atoms with Crippen molar-refractivity contribution in [3.8, 4) is 0 Å². The first-order valence-corrected chi connectivity index (χ1v) is 4.84. The lowest BCUT2D eigenvalue weighted by atomic mass is 10.3. The molecule has 0 saturated carbocycles. The molecular weight excluding hydrogens is 228 g/mol. The van der Waals surface area contributed by atoms with E-state index in [1.165, 1.54) is 0 Å². The van der Waals surface area contributed by atoms with E-state index < -0.39 is 11.9 Å². The molecule has 1 amide bonds. The standard InChI is InChI=1S/C8H14N6O3/c1-2-17-8(16)5-6(9)13-14-7(5)11-3-4(15)12-10/h2-3,10H2,1H3,(H,12,15)(H4,9,11,13,14). The summed E-state index contributed by atoms with van der Waals surface area (Å²) in [6, 6.07) is 0. The molecule has 0 aliphatic heterocycles. The van der Waals surface area contributed by atoms with Gasteiger partial charge in [0, 0.05) is 0 Å². The van der Waals surface area contributed by atoms with Crippen LogP contribution >= 0.6 is 0 Å². The van der Waals surface area contributed by atoms with E-state index in [1.54, 1.807) is 6.92 Å². The van der Waals surface area contributed by atoms with Crippen molar-refractivity contribution < 1.29 is 14.3 Å². The second-order valence-corrected chi connectivity index (χ2v) is 3.00. The smallest absolute Gasteiger partial charge is 0.345 e. The number of nitrogens with zero attached hydrogens (tertiary/aromatic N) is 1. The van der Waals surface area contributed by atoms with Crippen molar-refractivity contribution in [1.29, 1.82) is 0 Å². The number of esters is 1. The van der Waals surface area contributed by atoms with Crippen LogP contribution in [0.15, 0.2) is 0 Å². The summed E-state index contributed by atoms with van der Waals surface area (Å²) in [4.78, 5) is 22.4. The lowest BCUT2D eigenvalue weighted by molar-refractivity contribution is -0.119. The zero-order valence-corrected chi connectivity index (χ0v) is 9.24. The number of carbonyl (C=O) groups is 2. The average Bonchev–Trinajstić information content (AvgIpc) is 2.67. The molecule has 9 nitrogen and oxygen atoms in total. The molecule has 1 rings (SSSR count). The van der Waals surface area contributed by atoms with Crippen LogP contribution in [0.2, 0.25) is 0 Å². The number of rotatable bonds is 5. The highest BCUT2D eigenvalue weighted by molar-refractivity contribution is 5.99. The first-order valence-electron chi connectivity index (χ1n) is 4.84. The van der Waals surface area contributed by atoms with Gasteiger partial charge in [-0.15, -0.1) is 0 Å². The SMILES string of the molecule is CCOC(=O)c1c(NCC(=O)NN)n[nH]c1N. The molecule has 0 unspecified atom stereocenters. The number of hydrazine groups is 1. The summed E-state index contributed by atoms with van der Waals surface area (Å²) in [6.45, 7) is 1.75.